The molecule has 1 aliphatic rings. The number of hydrogen-bond acceptors (Lipinski definition) is 3. The first-order chi connectivity index (χ1) is 5.83. The second-order valence-electron chi connectivity index (χ2n) is 3.25. The van der Waals surface area contributed by atoms with E-state index in [2.05, 4.69) is 4.90 Å². The predicted molar refractivity (Wildman–Crippen MR) is 47.2 cm³/mol. The molecule has 1 amide bonds. The molecular formula is C8H17N3O. The summed E-state index contributed by atoms with van der Waals surface area (Å²) in [7, 11) is 0. The van der Waals surface area contributed by atoms with Crippen molar-refractivity contribution in [1.29, 1.82) is 0 Å². The van der Waals surface area contributed by atoms with Gasteiger partial charge in [-0.25, -0.2) is 5.84 Å². The molecule has 0 aromatic rings. The minimum Gasteiger partial charge on any atom is -0.302 e. The first-order valence-corrected chi connectivity index (χ1v) is 4.52. The molecule has 1 fully saturated rings. The Morgan fingerprint density at radius 3 is 2.58 bits per heavy atom. The summed E-state index contributed by atoms with van der Waals surface area (Å²) in [5.74, 6) is 5.33. The Morgan fingerprint density at radius 2 is 2.00 bits per heavy atom. The van der Waals surface area contributed by atoms with E-state index in [1.54, 1.807) is 0 Å². The summed E-state index contributed by atoms with van der Waals surface area (Å²) < 4.78 is 0. The van der Waals surface area contributed by atoms with Crippen molar-refractivity contribution in [2.45, 2.75) is 19.3 Å². The molecular weight excluding hydrogens is 154 g/mol. The van der Waals surface area contributed by atoms with Gasteiger partial charge in [0.2, 0.25) is 6.41 Å². The van der Waals surface area contributed by atoms with E-state index in [0.717, 1.165) is 19.6 Å². The van der Waals surface area contributed by atoms with Crippen molar-refractivity contribution in [3.63, 3.8) is 0 Å². The Balaban J connectivity index is 2.08. The van der Waals surface area contributed by atoms with Crippen LogP contribution in [0.15, 0.2) is 0 Å². The number of carbonyl (C=O) groups excluding carboxylic acids is 1. The van der Waals surface area contributed by atoms with Gasteiger partial charge in [0.25, 0.3) is 0 Å². The molecule has 0 aromatic carbocycles. The number of carbonyl (C=O) groups is 1. The summed E-state index contributed by atoms with van der Waals surface area (Å²) in [5, 5.41) is 1.20. The normalized spacial score (nSPS) is 19.1. The molecule has 0 aromatic heterocycles. The lowest BCUT2D eigenvalue weighted by Crippen LogP contribution is -2.40. The molecule has 0 spiro atoms. The molecule has 0 atom stereocenters. The average Bonchev–Trinajstić information content (AvgIpc) is 2.16. The molecule has 1 rings (SSSR count). The van der Waals surface area contributed by atoms with Crippen LogP contribution >= 0.6 is 0 Å². The van der Waals surface area contributed by atoms with E-state index in [-0.39, 0.29) is 0 Å². The fourth-order valence-corrected chi connectivity index (χ4v) is 1.49. The highest BCUT2D eigenvalue weighted by Gasteiger charge is 2.09. The van der Waals surface area contributed by atoms with E-state index in [0.29, 0.717) is 13.0 Å². The van der Waals surface area contributed by atoms with Crippen LogP contribution in [0.3, 0.4) is 0 Å². The molecule has 1 saturated heterocycles. The molecule has 0 aliphatic carbocycles. The van der Waals surface area contributed by atoms with E-state index in [1.807, 2.05) is 0 Å². The summed E-state index contributed by atoms with van der Waals surface area (Å²) in [6.07, 6.45) is 4.58. The van der Waals surface area contributed by atoms with Gasteiger partial charge in [-0.3, -0.25) is 9.80 Å². The van der Waals surface area contributed by atoms with Crippen molar-refractivity contribution in [1.82, 2.24) is 9.91 Å². The molecule has 12 heavy (non-hydrogen) atoms. The maximum atomic E-state index is 10.2. The fourth-order valence-electron chi connectivity index (χ4n) is 1.49. The highest BCUT2D eigenvalue weighted by Crippen LogP contribution is 2.07. The summed E-state index contributed by atoms with van der Waals surface area (Å²) >= 11 is 0. The Hall–Kier alpha value is -0.610. The topological polar surface area (TPSA) is 49.6 Å². The van der Waals surface area contributed by atoms with Crippen molar-refractivity contribution < 1.29 is 4.79 Å². The molecule has 0 saturated carbocycles. The van der Waals surface area contributed by atoms with Gasteiger partial charge in [-0.1, -0.05) is 6.42 Å². The van der Waals surface area contributed by atoms with Crippen LogP contribution in [0.1, 0.15) is 19.3 Å². The van der Waals surface area contributed by atoms with Gasteiger partial charge < -0.3 is 4.90 Å². The number of piperidine rings is 1. The largest absolute Gasteiger partial charge is 0.302 e. The van der Waals surface area contributed by atoms with Gasteiger partial charge in [-0.15, -0.1) is 0 Å². The van der Waals surface area contributed by atoms with E-state index in [9.17, 15) is 4.79 Å². The lowest BCUT2D eigenvalue weighted by atomic mass is 10.1. The molecule has 1 aliphatic heterocycles. The molecule has 0 unspecified atom stereocenters. The van der Waals surface area contributed by atoms with Crippen molar-refractivity contribution in [3.05, 3.63) is 0 Å². The first-order valence-electron chi connectivity index (χ1n) is 4.52. The van der Waals surface area contributed by atoms with Crippen LogP contribution in [0.4, 0.5) is 0 Å². The van der Waals surface area contributed by atoms with E-state index in [4.69, 9.17) is 5.84 Å². The van der Waals surface area contributed by atoms with Gasteiger partial charge >= 0.3 is 0 Å². The smallest absolute Gasteiger partial charge is 0.223 e. The second-order valence-corrected chi connectivity index (χ2v) is 3.25. The van der Waals surface area contributed by atoms with Gasteiger partial charge in [-0.05, 0) is 25.9 Å². The molecule has 4 nitrogen and oxygen atoms in total. The Morgan fingerprint density at radius 1 is 1.33 bits per heavy atom. The lowest BCUT2D eigenvalue weighted by molar-refractivity contribution is -0.118. The zero-order valence-corrected chi connectivity index (χ0v) is 7.41. The maximum Gasteiger partial charge on any atom is 0.223 e. The molecule has 4 heteroatoms. The molecule has 1 heterocycles. The number of nitrogens with zero attached hydrogens (tertiary/aromatic N) is 2. The van der Waals surface area contributed by atoms with E-state index in [1.165, 1.54) is 24.3 Å². The van der Waals surface area contributed by atoms with E-state index < -0.39 is 0 Å². The van der Waals surface area contributed by atoms with Crippen LogP contribution in [0.5, 0.6) is 0 Å². The summed E-state index contributed by atoms with van der Waals surface area (Å²) in [5.41, 5.74) is 0. The highest BCUT2D eigenvalue weighted by molar-refractivity contribution is 5.45. The number of rotatable bonds is 4. The Bertz CT molecular complexity index is 134. The second kappa shape index (κ2) is 5.11. The van der Waals surface area contributed by atoms with Crippen LogP contribution in [-0.4, -0.2) is 42.5 Å². The zero-order valence-electron chi connectivity index (χ0n) is 7.41. The Labute approximate surface area is 73.3 Å². The number of nitrogens with two attached hydrogens (primary N) is 1. The maximum absolute atomic E-state index is 10.2. The minimum atomic E-state index is 0.642. The highest BCUT2D eigenvalue weighted by atomic mass is 16.1. The lowest BCUT2D eigenvalue weighted by Gasteiger charge is -2.27. The van der Waals surface area contributed by atoms with Crippen LogP contribution in [0.2, 0.25) is 0 Å². The van der Waals surface area contributed by atoms with Crippen molar-refractivity contribution in [2.24, 2.45) is 5.84 Å². The van der Waals surface area contributed by atoms with Crippen LogP contribution in [0, 0.1) is 0 Å². The predicted octanol–water partition coefficient (Wildman–Crippen LogP) is -0.196. The summed E-state index contributed by atoms with van der Waals surface area (Å²) in [4.78, 5) is 12.5. The summed E-state index contributed by atoms with van der Waals surface area (Å²) in [6, 6.07) is 0. The number of amides is 1. The van der Waals surface area contributed by atoms with Crippen molar-refractivity contribution in [2.75, 3.05) is 26.2 Å². The minimum absolute atomic E-state index is 0.642. The third kappa shape index (κ3) is 3.19. The van der Waals surface area contributed by atoms with Crippen LogP contribution in [-0.2, 0) is 4.79 Å². The van der Waals surface area contributed by atoms with Gasteiger partial charge in [-0.2, -0.15) is 0 Å². The van der Waals surface area contributed by atoms with Gasteiger partial charge in [0.15, 0.2) is 0 Å². The molecule has 70 valence electrons. The van der Waals surface area contributed by atoms with Gasteiger partial charge in [0.05, 0.1) is 0 Å². The van der Waals surface area contributed by atoms with Crippen LogP contribution < -0.4 is 5.84 Å². The van der Waals surface area contributed by atoms with Crippen molar-refractivity contribution in [3.8, 4) is 0 Å². The van der Waals surface area contributed by atoms with Crippen molar-refractivity contribution >= 4 is 6.41 Å². The quantitative estimate of drug-likeness (QED) is 0.276. The van der Waals surface area contributed by atoms with Crippen LogP contribution in [0.25, 0.3) is 0 Å². The average molecular weight is 171 g/mol. The first kappa shape index (κ1) is 9.48. The van der Waals surface area contributed by atoms with Gasteiger partial charge in [0, 0.05) is 13.1 Å². The monoisotopic (exact) mass is 171 g/mol. The Kier molecular flexibility index (Phi) is 4.04. The molecule has 0 bridgehead atoms. The molecule has 0 radical (unpaired) electrons. The zero-order chi connectivity index (χ0) is 8.81. The van der Waals surface area contributed by atoms with E-state index >= 15 is 0 Å². The third-order valence-corrected chi connectivity index (χ3v) is 2.26. The number of hydrazine groups is 1. The van der Waals surface area contributed by atoms with Gasteiger partial charge in [0.1, 0.15) is 0 Å². The molecule has 2 N–H and O–H groups in total. The third-order valence-electron chi connectivity index (χ3n) is 2.26. The summed E-state index contributed by atoms with van der Waals surface area (Å²) in [6.45, 7) is 3.87. The standard InChI is InChI=1S/C8H17N3O/c9-11(8-12)7-6-10-4-2-1-3-5-10/h8H,1-7,9H2. The SMILES string of the molecule is NN(C=O)CCN1CCCCC1. The number of hydrogen-bond donors (Lipinski definition) is 1. The number of likely N-dealkylation sites (tertiary alicyclic amines) is 1. The fraction of sp³-hybridized carbons (Fsp3) is 0.875.